The fourth-order valence-electron chi connectivity index (χ4n) is 4.29. The Bertz CT molecular complexity index is 1150. The lowest BCUT2D eigenvalue weighted by Gasteiger charge is -2.23. The highest BCUT2D eigenvalue weighted by Gasteiger charge is 2.49. The normalized spacial score (nSPS) is 20.5. The first-order valence-corrected chi connectivity index (χ1v) is 10.2. The lowest BCUT2D eigenvalue weighted by Crippen LogP contribution is -2.41. The first kappa shape index (κ1) is 18.6. The van der Waals surface area contributed by atoms with Crippen molar-refractivity contribution in [3.8, 4) is 11.5 Å². The van der Waals surface area contributed by atoms with E-state index in [0.29, 0.717) is 11.6 Å². The van der Waals surface area contributed by atoms with Crippen molar-refractivity contribution < 1.29 is 14.0 Å². The molecule has 6 heteroatoms. The summed E-state index contributed by atoms with van der Waals surface area (Å²) in [6, 6.07) is 13.5. The van der Waals surface area contributed by atoms with Gasteiger partial charge in [0.15, 0.2) is 0 Å². The van der Waals surface area contributed by atoms with Crippen molar-refractivity contribution in [3.05, 3.63) is 76.7 Å². The van der Waals surface area contributed by atoms with Gasteiger partial charge in [0.1, 0.15) is 11.8 Å². The average molecular weight is 401 g/mol. The average Bonchev–Trinajstić information content (AvgIpc) is 3.44. The molecule has 1 saturated heterocycles. The Morgan fingerprint density at radius 2 is 1.87 bits per heavy atom. The quantitative estimate of drug-likeness (QED) is 0.668. The lowest BCUT2D eigenvalue weighted by atomic mass is 9.89. The molecule has 0 spiro atoms. The molecule has 1 aliphatic carbocycles. The van der Waals surface area contributed by atoms with Gasteiger partial charge < -0.3 is 9.73 Å². The van der Waals surface area contributed by atoms with Crippen LogP contribution in [0.1, 0.15) is 41.3 Å². The van der Waals surface area contributed by atoms with Gasteiger partial charge in [-0.3, -0.25) is 9.69 Å². The maximum Gasteiger partial charge on any atom is 0.325 e. The summed E-state index contributed by atoms with van der Waals surface area (Å²) >= 11 is 0. The summed E-state index contributed by atoms with van der Waals surface area (Å²) in [4.78, 5) is 31.6. The number of fused-ring (bicyclic) bond motifs is 1. The third-order valence-corrected chi connectivity index (χ3v) is 6.12. The number of nitrogens with one attached hydrogen (secondary N) is 1. The number of benzene rings is 2. The zero-order valence-corrected chi connectivity index (χ0v) is 17.1. The molecule has 3 aromatic rings. The van der Waals surface area contributed by atoms with Crippen molar-refractivity contribution in [2.75, 3.05) is 0 Å². The molecule has 1 aromatic heterocycles. The number of oxazole rings is 1. The van der Waals surface area contributed by atoms with Gasteiger partial charge in [0, 0.05) is 5.56 Å². The van der Waals surface area contributed by atoms with Crippen LogP contribution >= 0.6 is 0 Å². The number of hydrogen-bond donors (Lipinski definition) is 1. The summed E-state index contributed by atoms with van der Waals surface area (Å²) in [7, 11) is 0. The number of aryl methyl sites for hydroxylation is 3. The SMILES string of the molecule is Cc1ccc(-c2nc(CN3C(=O)NC(C)(c4ccc5c(c4)CCC5)C3=O)co2)cc1. The number of carbonyl (C=O) groups excluding carboxylic acids is 2. The number of imide groups is 1. The standard InChI is InChI=1S/C24H23N3O3/c1-15-6-8-17(9-7-15)21-25-20(14-30-21)13-27-22(28)24(2,26-23(27)29)19-11-10-16-4-3-5-18(16)12-19/h6-12,14H,3-5,13H2,1-2H3,(H,26,29). The topological polar surface area (TPSA) is 75.4 Å². The van der Waals surface area contributed by atoms with E-state index >= 15 is 0 Å². The smallest absolute Gasteiger partial charge is 0.325 e. The maximum atomic E-state index is 13.2. The second-order valence-electron chi connectivity index (χ2n) is 8.29. The van der Waals surface area contributed by atoms with Crippen molar-refractivity contribution in [1.82, 2.24) is 15.2 Å². The molecule has 0 saturated carbocycles. The van der Waals surface area contributed by atoms with Crippen LogP contribution in [0.5, 0.6) is 0 Å². The molecule has 0 radical (unpaired) electrons. The van der Waals surface area contributed by atoms with Crippen LogP contribution in [0.25, 0.3) is 11.5 Å². The highest BCUT2D eigenvalue weighted by molar-refractivity contribution is 6.07. The summed E-state index contributed by atoms with van der Waals surface area (Å²) in [5.74, 6) is 0.198. The predicted molar refractivity (Wildman–Crippen MR) is 112 cm³/mol. The van der Waals surface area contributed by atoms with Crippen molar-refractivity contribution in [1.29, 1.82) is 0 Å². The minimum absolute atomic E-state index is 0.0700. The highest BCUT2D eigenvalue weighted by atomic mass is 16.3. The minimum atomic E-state index is -1.07. The van der Waals surface area contributed by atoms with Gasteiger partial charge in [-0.2, -0.15) is 0 Å². The summed E-state index contributed by atoms with van der Waals surface area (Å²) in [6.07, 6.45) is 4.73. The van der Waals surface area contributed by atoms with Gasteiger partial charge in [-0.25, -0.2) is 9.78 Å². The first-order valence-electron chi connectivity index (χ1n) is 10.2. The van der Waals surface area contributed by atoms with Crippen LogP contribution in [-0.2, 0) is 29.7 Å². The molecular weight excluding hydrogens is 378 g/mol. The van der Waals surface area contributed by atoms with Gasteiger partial charge in [-0.1, -0.05) is 35.9 Å². The lowest BCUT2D eigenvalue weighted by molar-refractivity contribution is -0.131. The summed E-state index contributed by atoms with van der Waals surface area (Å²) in [5.41, 5.74) is 4.90. The Hall–Kier alpha value is -3.41. The van der Waals surface area contributed by atoms with Crippen LogP contribution in [0.15, 0.2) is 53.1 Å². The molecule has 2 heterocycles. The van der Waals surface area contributed by atoms with Crippen LogP contribution in [0.2, 0.25) is 0 Å². The van der Waals surface area contributed by atoms with Crippen molar-refractivity contribution >= 4 is 11.9 Å². The second-order valence-corrected chi connectivity index (χ2v) is 8.29. The van der Waals surface area contributed by atoms with Gasteiger partial charge in [0.2, 0.25) is 5.89 Å². The Labute approximate surface area is 174 Å². The summed E-state index contributed by atoms with van der Waals surface area (Å²) < 4.78 is 5.58. The van der Waals surface area contributed by atoms with E-state index in [-0.39, 0.29) is 12.5 Å². The molecule has 6 nitrogen and oxygen atoms in total. The number of urea groups is 1. The molecule has 1 unspecified atom stereocenters. The van der Waals surface area contributed by atoms with Gasteiger partial charge in [0.25, 0.3) is 5.91 Å². The fourth-order valence-corrected chi connectivity index (χ4v) is 4.29. The summed E-state index contributed by atoms with van der Waals surface area (Å²) in [6.45, 7) is 3.85. The molecule has 2 aromatic carbocycles. The third kappa shape index (κ3) is 3.00. The van der Waals surface area contributed by atoms with Gasteiger partial charge in [0.05, 0.1) is 12.2 Å². The van der Waals surface area contributed by atoms with Crippen LogP contribution < -0.4 is 5.32 Å². The Morgan fingerprint density at radius 3 is 2.67 bits per heavy atom. The molecule has 152 valence electrons. The highest BCUT2D eigenvalue weighted by Crippen LogP contribution is 2.33. The fraction of sp³-hybridized carbons (Fsp3) is 0.292. The molecule has 1 atom stereocenters. The number of amides is 3. The van der Waals surface area contributed by atoms with Crippen molar-refractivity contribution in [3.63, 3.8) is 0 Å². The van der Waals surface area contributed by atoms with E-state index in [0.717, 1.165) is 36.0 Å². The number of nitrogens with zero attached hydrogens (tertiary/aromatic N) is 2. The second kappa shape index (κ2) is 6.83. The van der Waals surface area contributed by atoms with E-state index in [4.69, 9.17) is 4.42 Å². The van der Waals surface area contributed by atoms with E-state index in [2.05, 4.69) is 22.4 Å². The molecule has 1 N–H and O–H groups in total. The van der Waals surface area contributed by atoms with E-state index < -0.39 is 11.6 Å². The van der Waals surface area contributed by atoms with Crippen LogP contribution in [0.3, 0.4) is 0 Å². The van der Waals surface area contributed by atoms with Crippen LogP contribution in [-0.4, -0.2) is 21.8 Å². The molecule has 5 rings (SSSR count). The monoisotopic (exact) mass is 401 g/mol. The Kier molecular flexibility index (Phi) is 4.24. The molecule has 1 aliphatic heterocycles. The Morgan fingerprint density at radius 1 is 1.10 bits per heavy atom. The van der Waals surface area contributed by atoms with Gasteiger partial charge in [-0.05, 0) is 61.9 Å². The number of hydrogen-bond acceptors (Lipinski definition) is 4. The zero-order chi connectivity index (χ0) is 20.9. The zero-order valence-electron chi connectivity index (χ0n) is 17.1. The third-order valence-electron chi connectivity index (χ3n) is 6.12. The maximum absolute atomic E-state index is 13.2. The van der Waals surface area contributed by atoms with E-state index in [1.165, 1.54) is 22.3 Å². The van der Waals surface area contributed by atoms with Gasteiger partial charge in [-0.15, -0.1) is 0 Å². The van der Waals surface area contributed by atoms with Crippen molar-refractivity contribution in [2.45, 2.75) is 45.2 Å². The number of carbonyl (C=O) groups is 2. The molecule has 2 aliphatic rings. The molecule has 30 heavy (non-hydrogen) atoms. The predicted octanol–water partition coefficient (Wildman–Crippen LogP) is 4.11. The minimum Gasteiger partial charge on any atom is -0.444 e. The van der Waals surface area contributed by atoms with Crippen LogP contribution in [0.4, 0.5) is 4.79 Å². The van der Waals surface area contributed by atoms with Crippen LogP contribution in [0, 0.1) is 6.92 Å². The molecule has 1 fully saturated rings. The molecular formula is C24H23N3O3. The van der Waals surface area contributed by atoms with Gasteiger partial charge >= 0.3 is 6.03 Å². The van der Waals surface area contributed by atoms with E-state index in [1.807, 2.05) is 37.3 Å². The number of rotatable bonds is 4. The van der Waals surface area contributed by atoms with Crippen molar-refractivity contribution in [2.24, 2.45) is 0 Å². The number of aromatic nitrogens is 1. The molecule has 0 bridgehead atoms. The Balaban J connectivity index is 1.38. The first-order chi connectivity index (χ1) is 14.4. The van der Waals surface area contributed by atoms with E-state index in [9.17, 15) is 9.59 Å². The van der Waals surface area contributed by atoms with E-state index in [1.54, 1.807) is 6.92 Å². The molecule has 3 amide bonds. The largest absolute Gasteiger partial charge is 0.444 e. The summed E-state index contributed by atoms with van der Waals surface area (Å²) in [5, 5.41) is 2.88.